The number of amides is 2. The Hall–Kier alpha value is -2.53. The average molecular weight is 339 g/mol. The first kappa shape index (κ1) is 17.3. The molecule has 0 aliphatic heterocycles. The van der Waals surface area contributed by atoms with E-state index in [1.165, 1.54) is 5.56 Å². The molecule has 3 rings (SSSR count). The Bertz CT molecular complexity index is 714. The number of carbonyl (C=O) groups is 1. The fraction of sp³-hybridized carbons (Fsp3) is 0.350. The Balaban J connectivity index is 1.63. The molecule has 2 aromatic rings. The number of aliphatic hydroxyl groups is 1. The summed E-state index contributed by atoms with van der Waals surface area (Å²) in [7, 11) is 2.01. The van der Waals surface area contributed by atoms with E-state index >= 15 is 0 Å². The minimum Gasteiger partial charge on any atom is -0.396 e. The first-order valence-corrected chi connectivity index (χ1v) is 8.62. The van der Waals surface area contributed by atoms with Crippen molar-refractivity contribution in [3.05, 3.63) is 60.2 Å². The van der Waals surface area contributed by atoms with E-state index < -0.39 is 0 Å². The lowest BCUT2D eigenvalue weighted by molar-refractivity contribution is 0.206. The number of anilines is 2. The van der Waals surface area contributed by atoms with Gasteiger partial charge in [0.1, 0.15) is 0 Å². The van der Waals surface area contributed by atoms with Crippen molar-refractivity contribution in [1.82, 2.24) is 5.32 Å². The van der Waals surface area contributed by atoms with Crippen LogP contribution < -0.4 is 15.5 Å². The van der Waals surface area contributed by atoms with E-state index in [-0.39, 0.29) is 18.1 Å². The van der Waals surface area contributed by atoms with Crippen LogP contribution in [0.1, 0.15) is 18.4 Å². The van der Waals surface area contributed by atoms with E-state index in [0.717, 1.165) is 30.8 Å². The maximum absolute atomic E-state index is 12.2. The summed E-state index contributed by atoms with van der Waals surface area (Å²) in [5.74, 6) is 0. The summed E-state index contributed by atoms with van der Waals surface area (Å²) in [6, 6.07) is 17.8. The highest BCUT2D eigenvalue weighted by Crippen LogP contribution is 2.44. The maximum atomic E-state index is 12.2. The monoisotopic (exact) mass is 339 g/mol. The summed E-state index contributed by atoms with van der Waals surface area (Å²) < 4.78 is 0. The van der Waals surface area contributed by atoms with Gasteiger partial charge in [-0.15, -0.1) is 0 Å². The normalized spacial score (nSPS) is 14.6. The Kier molecular flexibility index (Phi) is 5.24. The fourth-order valence-corrected chi connectivity index (χ4v) is 2.86. The van der Waals surface area contributed by atoms with Crippen LogP contribution in [0.4, 0.5) is 16.2 Å². The highest BCUT2D eigenvalue weighted by Gasteiger charge is 2.42. The third-order valence-electron chi connectivity index (χ3n) is 4.74. The molecule has 0 bridgehead atoms. The van der Waals surface area contributed by atoms with Gasteiger partial charge < -0.3 is 20.6 Å². The molecule has 0 spiro atoms. The van der Waals surface area contributed by atoms with Crippen LogP contribution in [-0.2, 0) is 6.54 Å². The molecule has 0 atom stereocenters. The van der Waals surface area contributed by atoms with Gasteiger partial charge in [0.05, 0.1) is 18.0 Å². The predicted molar refractivity (Wildman–Crippen MR) is 101 cm³/mol. The number of hydrogen-bond acceptors (Lipinski definition) is 3. The smallest absolute Gasteiger partial charge is 0.319 e. The van der Waals surface area contributed by atoms with Crippen molar-refractivity contribution in [1.29, 1.82) is 0 Å². The van der Waals surface area contributed by atoms with Crippen molar-refractivity contribution < 1.29 is 9.90 Å². The Morgan fingerprint density at radius 2 is 1.80 bits per heavy atom. The van der Waals surface area contributed by atoms with Gasteiger partial charge in [0.25, 0.3) is 0 Å². The van der Waals surface area contributed by atoms with Crippen LogP contribution in [0.25, 0.3) is 0 Å². The molecule has 132 valence electrons. The zero-order valence-electron chi connectivity index (χ0n) is 14.5. The highest BCUT2D eigenvalue weighted by atomic mass is 16.3. The minimum atomic E-state index is -0.236. The standard InChI is InChI=1S/C20H25N3O2/c1-23(13-16-7-3-2-4-8-16)18-10-6-5-9-17(18)22-19(25)21-14-20(15-24)11-12-20/h2-10,24H,11-15H2,1H3,(H2,21,22,25). The zero-order chi connectivity index (χ0) is 17.7. The molecule has 2 amide bonds. The van der Waals surface area contributed by atoms with Gasteiger partial charge in [0.2, 0.25) is 0 Å². The van der Waals surface area contributed by atoms with E-state index in [9.17, 15) is 9.90 Å². The van der Waals surface area contributed by atoms with Gasteiger partial charge in [-0.2, -0.15) is 0 Å². The minimum absolute atomic E-state index is 0.0963. The number of aliphatic hydroxyl groups excluding tert-OH is 1. The highest BCUT2D eigenvalue weighted by molar-refractivity contribution is 5.93. The quantitative estimate of drug-likeness (QED) is 0.726. The van der Waals surface area contributed by atoms with Crippen LogP contribution in [0.15, 0.2) is 54.6 Å². The SMILES string of the molecule is CN(Cc1ccccc1)c1ccccc1NC(=O)NCC1(CO)CC1. The van der Waals surface area contributed by atoms with Gasteiger partial charge >= 0.3 is 6.03 Å². The summed E-state index contributed by atoms with van der Waals surface area (Å²) in [6.07, 6.45) is 1.94. The lowest BCUT2D eigenvalue weighted by Crippen LogP contribution is -2.35. The molecule has 0 unspecified atom stereocenters. The first-order valence-electron chi connectivity index (χ1n) is 8.62. The molecule has 1 fully saturated rings. The summed E-state index contributed by atoms with van der Waals surface area (Å²) in [5.41, 5.74) is 2.85. The Morgan fingerprint density at radius 3 is 2.48 bits per heavy atom. The molecule has 1 aliphatic rings. The number of rotatable bonds is 7. The number of benzene rings is 2. The Morgan fingerprint density at radius 1 is 1.12 bits per heavy atom. The summed E-state index contributed by atoms with van der Waals surface area (Å²) in [5, 5.41) is 15.1. The second-order valence-corrected chi connectivity index (χ2v) is 6.82. The van der Waals surface area contributed by atoms with Crippen molar-refractivity contribution in [2.45, 2.75) is 19.4 Å². The molecule has 5 heteroatoms. The van der Waals surface area contributed by atoms with Crippen LogP contribution in [0.3, 0.4) is 0 Å². The molecule has 1 saturated carbocycles. The van der Waals surface area contributed by atoms with Crippen molar-refractivity contribution in [2.75, 3.05) is 30.4 Å². The summed E-state index contributed by atoms with van der Waals surface area (Å²) in [4.78, 5) is 14.3. The number of para-hydroxylation sites is 2. The molecule has 0 aromatic heterocycles. The largest absolute Gasteiger partial charge is 0.396 e. The first-order chi connectivity index (χ1) is 12.1. The maximum Gasteiger partial charge on any atom is 0.319 e. The van der Waals surface area contributed by atoms with Crippen molar-refractivity contribution in [3.8, 4) is 0 Å². The number of nitrogens with one attached hydrogen (secondary N) is 2. The number of urea groups is 1. The number of carbonyl (C=O) groups excluding carboxylic acids is 1. The molecule has 1 aliphatic carbocycles. The Labute approximate surface area is 148 Å². The van der Waals surface area contributed by atoms with E-state index in [0.29, 0.717) is 6.54 Å². The topological polar surface area (TPSA) is 64.6 Å². The fourth-order valence-electron chi connectivity index (χ4n) is 2.86. The van der Waals surface area contributed by atoms with E-state index in [4.69, 9.17) is 0 Å². The average Bonchev–Trinajstić information content (AvgIpc) is 3.42. The molecule has 0 saturated heterocycles. The van der Waals surface area contributed by atoms with E-state index in [1.54, 1.807) is 0 Å². The third kappa shape index (κ3) is 4.51. The van der Waals surface area contributed by atoms with Crippen LogP contribution >= 0.6 is 0 Å². The predicted octanol–water partition coefficient (Wildman–Crippen LogP) is 3.22. The van der Waals surface area contributed by atoms with Crippen molar-refractivity contribution in [2.24, 2.45) is 5.41 Å². The number of nitrogens with zero attached hydrogens (tertiary/aromatic N) is 1. The van der Waals surface area contributed by atoms with Crippen molar-refractivity contribution in [3.63, 3.8) is 0 Å². The number of hydrogen-bond donors (Lipinski definition) is 3. The summed E-state index contributed by atoms with van der Waals surface area (Å²) >= 11 is 0. The third-order valence-corrected chi connectivity index (χ3v) is 4.74. The molecule has 5 nitrogen and oxygen atoms in total. The second-order valence-electron chi connectivity index (χ2n) is 6.82. The van der Waals surface area contributed by atoms with E-state index in [2.05, 4.69) is 27.7 Å². The molecule has 0 radical (unpaired) electrons. The van der Waals surface area contributed by atoms with Gasteiger partial charge in [-0.25, -0.2) is 4.79 Å². The van der Waals surface area contributed by atoms with Gasteiger partial charge in [0.15, 0.2) is 0 Å². The molecular formula is C20H25N3O2. The lowest BCUT2D eigenvalue weighted by atomic mass is 10.1. The molecule has 25 heavy (non-hydrogen) atoms. The van der Waals surface area contributed by atoms with Gasteiger partial charge in [-0.3, -0.25) is 0 Å². The van der Waals surface area contributed by atoms with E-state index in [1.807, 2.05) is 49.5 Å². The van der Waals surface area contributed by atoms with Crippen molar-refractivity contribution >= 4 is 17.4 Å². The van der Waals surface area contributed by atoms with Gasteiger partial charge in [0, 0.05) is 25.6 Å². The molecular weight excluding hydrogens is 314 g/mol. The molecule has 3 N–H and O–H groups in total. The van der Waals surface area contributed by atoms with Crippen LogP contribution in [-0.4, -0.2) is 31.3 Å². The van der Waals surface area contributed by atoms with Crippen LogP contribution in [0.2, 0.25) is 0 Å². The summed E-state index contributed by atoms with van der Waals surface area (Å²) in [6.45, 7) is 1.40. The second kappa shape index (κ2) is 7.57. The van der Waals surface area contributed by atoms with Gasteiger partial charge in [-0.05, 0) is 30.5 Å². The zero-order valence-corrected chi connectivity index (χ0v) is 14.5. The van der Waals surface area contributed by atoms with Crippen LogP contribution in [0, 0.1) is 5.41 Å². The van der Waals surface area contributed by atoms with Gasteiger partial charge in [-0.1, -0.05) is 42.5 Å². The molecule has 2 aromatic carbocycles. The molecule has 0 heterocycles. The van der Waals surface area contributed by atoms with Crippen LogP contribution in [0.5, 0.6) is 0 Å². The lowest BCUT2D eigenvalue weighted by Gasteiger charge is -2.23.